The number of hydrogen-bond donors (Lipinski definition) is 0. The van der Waals surface area contributed by atoms with Gasteiger partial charge in [-0.15, -0.1) is 0 Å². The minimum absolute atomic E-state index is 1.20. The van der Waals surface area contributed by atoms with Crippen LogP contribution in [0.1, 0.15) is 12.1 Å². The second kappa shape index (κ2) is 5.51. The zero-order valence-corrected chi connectivity index (χ0v) is 10.5. The van der Waals surface area contributed by atoms with Gasteiger partial charge < -0.3 is 14.4 Å². The summed E-state index contributed by atoms with van der Waals surface area (Å²) in [7, 11) is 4.34. The fourth-order valence-corrected chi connectivity index (χ4v) is 2.31. The van der Waals surface area contributed by atoms with E-state index in [0.717, 1.165) is 0 Å². The van der Waals surface area contributed by atoms with Crippen molar-refractivity contribution < 1.29 is 0 Å². The van der Waals surface area contributed by atoms with E-state index in [1.807, 2.05) is 0 Å². The van der Waals surface area contributed by atoms with Crippen LogP contribution in [0.2, 0.25) is 0 Å². The van der Waals surface area contributed by atoms with Crippen molar-refractivity contribution in [1.29, 1.82) is 0 Å². The summed E-state index contributed by atoms with van der Waals surface area (Å²) in [6.07, 6.45) is 4.61. The minimum Gasteiger partial charge on any atom is -0.354 e. The number of nitrogens with zero attached hydrogens (tertiary/aromatic N) is 3. The predicted octanol–water partition coefficient (Wildman–Crippen LogP) is 1.21. The third kappa shape index (κ3) is 3.09. The zero-order valence-electron chi connectivity index (χ0n) is 10.5. The lowest BCUT2D eigenvalue weighted by atomic mass is 10.2. The van der Waals surface area contributed by atoms with Crippen molar-refractivity contribution in [2.75, 3.05) is 39.8 Å². The molecule has 2 rings (SSSR count). The average molecular weight is 221 g/mol. The van der Waals surface area contributed by atoms with E-state index in [9.17, 15) is 0 Å². The highest BCUT2D eigenvalue weighted by molar-refractivity contribution is 5.06. The molecule has 0 aliphatic carbocycles. The Bertz CT molecular complexity index is 311. The van der Waals surface area contributed by atoms with Crippen LogP contribution in [0.5, 0.6) is 0 Å². The lowest BCUT2D eigenvalue weighted by Gasteiger charge is -2.32. The number of likely N-dealkylation sites (N-methyl/N-ethyl adjacent to an activating group) is 1. The molecule has 1 aliphatic rings. The molecule has 0 aromatic carbocycles. The van der Waals surface area contributed by atoms with Crippen molar-refractivity contribution in [3.8, 4) is 0 Å². The van der Waals surface area contributed by atoms with Gasteiger partial charge in [0.25, 0.3) is 0 Å². The highest BCUT2D eigenvalue weighted by Gasteiger charge is 2.12. The van der Waals surface area contributed by atoms with Gasteiger partial charge in [0.05, 0.1) is 0 Å². The van der Waals surface area contributed by atoms with E-state index in [0.29, 0.717) is 0 Å². The number of piperazine rings is 1. The van der Waals surface area contributed by atoms with Gasteiger partial charge >= 0.3 is 0 Å². The largest absolute Gasteiger partial charge is 0.354 e. The summed E-state index contributed by atoms with van der Waals surface area (Å²) in [4.78, 5) is 5.00. The number of aromatic nitrogens is 1. The van der Waals surface area contributed by atoms with Gasteiger partial charge in [-0.25, -0.2) is 0 Å². The van der Waals surface area contributed by atoms with E-state index in [2.05, 4.69) is 46.8 Å². The molecule has 1 fully saturated rings. The quantitative estimate of drug-likeness (QED) is 0.757. The SMILES string of the molecule is CN1CCN(CCCc2cccn2C)CC1. The number of rotatable bonds is 4. The zero-order chi connectivity index (χ0) is 11.4. The molecule has 0 bridgehead atoms. The Morgan fingerprint density at radius 1 is 1.12 bits per heavy atom. The molecule has 1 aliphatic heterocycles. The smallest absolute Gasteiger partial charge is 0.0172 e. The van der Waals surface area contributed by atoms with Crippen molar-refractivity contribution in [3.05, 3.63) is 24.0 Å². The van der Waals surface area contributed by atoms with E-state index >= 15 is 0 Å². The summed E-state index contributed by atoms with van der Waals surface area (Å²) in [5.74, 6) is 0. The second-order valence-electron chi connectivity index (χ2n) is 4.86. The van der Waals surface area contributed by atoms with Crippen LogP contribution in [0, 0.1) is 0 Å². The molecule has 90 valence electrons. The van der Waals surface area contributed by atoms with Crippen LogP contribution < -0.4 is 0 Å². The first kappa shape index (κ1) is 11.7. The van der Waals surface area contributed by atoms with Crippen LogP contribution in [-0.2, 0) is 13.5 Å². The van der Waals surface area contributed by atoms with Crippen molar-refractivity contribution in [3.63, 3.8) is 0 Å². The van der Waals surface area contributed by atoms with E-state index in [4.69, 9.17) is 0 Å². The third-order valence-electron chi connectivity index (χ3n) is 3.55. The van der Waals surface area contributed by atoms with E-state index in [1.165, 1.54) is 51.3 Å². The molecule has 1 aromatic rings. The molecule has 0 saturated carbocycles. The molecular weight excluding hydrogens is 198 g/mol. The Hall–Kier alpha value is -0.800. The Balaban J connectivity index is 1.67. The maximum atomic E-state index is 2.59. The molecule has 2 heterocycles. The summed E-state index contributed by atoms with van der Waals surface area (Å²) in [5, 5.41) is 0. The molecule has 16 heavy (non-hydrogen) atoms. The average Bonchev–Trinajstić information content (AvgIpc) is 2.68. The minimum atomic E-state index is 1.20. The maximum absolute atomic E-state index is 2.59. The van der Waals surface area contributed by atoms with Crippen LogP contribution in [-0.4, -0.2) is 54.1 Å². The van der Waals surface area contributed by atoms with Gasteiger partial charge in [0.2, 0.25) is 0 Å². The fourth-order valence-electron chi connectivity index (χ4n) is 2.31. The topological polar surface area (TPSA) is 11.4 Å². The van der Waals surface area contributed by atoms with Crippen LogP contribution in [0.3, 0.4) is 0 Å². The highest BCUT2D eigenvalue weighted by Crippen LogP contribution is 2.06. The van der Waals surface area contributed by atoms with Crippen LogP contribution in [0.15, 0.2) is 18.3 Å². The lowest BCUT2D eigenvalue weighted by molar-refractivity contribution is 0.153. The Labute approximate surface area is 98.6 Å². The first-order valence-corrected chi connectivity index (χ1v) is 6.27. The first-order chi connectivity index (χ1) is 7.75. The number of aryl methyl sites for hydroxylation is 2. The summed E-state index contributed by atoms with van der Waals surface area (Å²) >= 11 is 0. The second-order valence-corrected chi connectivity index (χ2v) is 4.86. The highest BCUT2D eigenvalue weighted by atomic mass is 15.2. The van der Waals surface area contributed by atoms with Gasteiger partial charge in [0.15, 0.2) is 0 Å². The van der Waals surface area contributed by atoms with Crippen LogP contribution in [0.25, 0.3) is 0 Å². The van der Waals surface area contributed by atoms with Gasteiger partial charge in [0, 0.05) is 45.1 Å². The molecule has 0 N–H and O–H groups in total. The third-order valence-corrected chi connectivity index (χ3v) is 3.55. The van der Waals surface area contributed by atoms with E-state index in [-0.39, 0.29) is 0 Å². The molecule has 3 nitrogen and oxygen atoms in total. The van der Waals surface area contributed by atoms with E-state index < -0.39 is 0 Å². The van der Waals surface area contributed by atoms with Crippen LogP contribution >= 0.6 is 0 Å². The maximum Gasteiger partial charge on any atom is 0.0172 e. The summed E-state index contributed by atoms with van der Waals surface area (Å²) in [5.41, 5.74) is 1.45. The van der Waals surface area contributed by atoms with Gasteiger partial charge in [-0.1, -0.05) is 0 Å². The standard InChI is InChI=1S/C13H23N3/c1-14-9-11-16(12-10-14)8-4-6-13-5-3-7-15(13)2/h3,5,7H,4,6,8-12H2,1-2H3. The van der Waals surface area contributed by atoms with Crippen molar-refractivity contribution in [1.82, 2.24) is 14.4 Å². The van der Waals surface area contributed by atoms with Crippen molar-refractivity contribution in [2.24, 2.45) is 7.05 Å². The Kier molecular flexibility index (Phi) is 4.02. The Morgan fingerprint density at radius 3 is 2.50 bits per heavy atom. The van der Waals surface area contributed by atoms with Crippen LogP contribution in [0.4, 0.5) is 0 Å². The predicted molar refractivity (Wildman–Crippen MR) is 67.7 cm³/mol. The molecule has 0 spiro atoms. The summed E-state index contributed by atoms with van der Waals surface area (Å²) < 4.78 is 2.23. The van der Waals surface area contributed by atoms with Crippen molar-refractivity contribution >= 4 is 0 Å². The fraction of sp³-hybridized carbons (Fsp3) is 0.692. The molecule has 0 unspecified atom stereocenters. The molecule has 0 atom stereocenters. The molecule has 3 heteroatoms. The van der Waals surface area contributed by atoms with Gasteiger partial charge in [-0.2, -0.15) is 0 Å². The molecule has 0 amide bonds. The normalized spacial score (nSPS) is 19.1. The summed E-state index contributed by atoms with van der Waals surface area (Å²) in [6.45, 7) is 6.18. The van der Waals surface area contributed by atoms with Gasteiger partial charge in [0.1, 0.15) is 0 Å². The molecule has 1 saturated heterocycles. The number of hydrogen-bond acceptors (Lipinski definition) is 2. The summed E-state index contributed by atoms with van der Waals surface area (Å²) in [6, 6.07) is 4.36. The molecule has 1 aromatic heterocycles. The van der Waals surface area contributed by atoms with Crippen molar-refractivity contribution in [2.45, 2.75) is 12.8 Å². The molecular formula is C13H23N3. The molecule has 0 radical (unpaired) electrons. The lowest BCUT2D eigenvalue weighted by Crippen LogP contribution is -2.44. The monoisotopic (exact) mass is 221 g/mol. The van der Waals surface area contributed by atoms with Gasteiger partial charge in [-0.3, -0.25) is 0 Å². The first-order valence-electron chi connectivity index (χ1n) is 6.27. The van der Waals surface area contributed by atoms with E-state index in [1.54, 1.807) is 0 Å². The van der Waals surface area contributed by atoms with Gasteiger partial charge in [-0.05, 0) is 38.6 Å². The Morgan fingerprint density at radius 2 is 1.88 bits per heavy atom.